The predicted molar refractivity (Wildman–Crippen MR) is 105 cm³/mol. The van der Waals surface area contributed by atoms with Gasteiger partial charge in [-0.2, -0.15) is 0 Å². The SMILES string of the molecule is C=CCN1C(=O)COc2ccc(NC(=O)COc3c(C)cccc3C)cc21. The molecule has 1 N–H and O–H groups in total. The molecule has 0 spiro atoms. The van der Waals surface area contributed by atoms with Crippen LogP contribution < -0.4 is 19.7 Å². The first-order chi connectivity index (χ1) is 13.0. The fourth-order valence-corrected chi connectivity index (χ4v) is 2.97. The van der Waals surface area contributed by atoms with E-state index in [-0.39, 0.29) is 25.0 Å². The molecule has 2 aromatic rings. The predicted octanol–water partition coefficient (Wildman–Crippen LogP) is 3.23. The van der Waals surface area contributed by atoms with Gasteiger partial charge in [0.15, 0.2) is 13.2 Å². The molecule has 3 rings (SSSR count). The number of nitrogens with zero attached hydrogens (tertiary/aromatic N) is 1. The van der Waals surface area contributed by atoms with Gasteiger partial charge >= 0.3 is 0 Å². The lowest BCUT2D eigenvalue weighted by Crippen LogP contribution is -2.38. The van der Waals surface area contributed by atoms with E-state index in [2.05, 4.69) is 11.9 Å². The highest BCUT2D eigenvalue weighted by Gasteiger charge is 2.25. The Morgan fingerprint density at radius 1 is 1.30 bits per heavy atom. The van der Waals surface area contributed by atoms with Crippen LogP contribution >= 0.6 is 0 Å². The van der Waals surface area contributed by atoms with Gasteiger partial charge in [-0.15, -0.1) is 6.58 Å². The van der Waals surface area contributed by atoms with Gasteiger partial charge in [-0.25, -0.2) is 0 Å². The number of nitrogens with one attached hydrogen (secondary N) is 1. The van der Waals surface area contributed by atoms with Crippen LogP contribution in [0.4, 0.5) is 11.4 Å². The minimum atomic E-state index is -0.282. The van der Waals surface area contributed by atoms with Gasteiger partial charge in [0, 0.05) is 12.2 Å². The molecule has 0 radical (unpaired) electrons. The maximum atomic E-state index is 12.3. The summed E-state index contributed by atoms with van der Waals surface area (Å²) >= 11 is 0. The van der Waals surface area contributed by atoms with Gasteiger partial charge in [0.1, 0.15) is 11.5 Å². The van der Waals surface area contributed by atoms with Gasteiger partial charge in [0.2, 0.25) is 0 Å². The van der Waals surface area contributed by atoms with Gasteiger partial charge in [-0.05, 0) is 43.2 Å². The van der Waals surface area contributed by atoms with Crippen LogP contribution in [0.5, 0.6) is 11.5 Å². The molecule has 0 bridgehead atoms. The summed E-state index contributed by atoms with van der Waals surface area (Å²) in [6.45, 7) is 7.83. The minimum absolute atomic E-state index is 0.00381. The number of rotatable bonds is 6. The average molecular weight is 366 g/mol. The van der Waals surface area contributed by atoms with Crippen LogP contribution in [0, 0.1) is 13.8 Å². The highest BCUT2D eigenvalue weighted by molar-refractivity contribution is 6.00. The zero-order valence-electron chi connectivity index (χ0n) is 15.5. The molecule has 2 amide bonds. The van der Waals surface area contributed by atoms with Gasteiger partial charge in [0.25, 0.3) is 11.8 Å². The summed E-state index contributed by atoms with van der Waals surface area (Å²) < 4.78 is 11.1. The Kier molecular flexibility index (Phi) is 5.45. The molecule has 1 heterocycles. The second-order valence-electron chi connectivity index (χ2n) is 6.32. The van der Waals surface area contributed by atoms with E-state index in [0.717, 1.165) is 11.1 Å². The van der Waals surface area contributed by atoms with Crippen molar-refractivity contribution in [3.05, 3.63) is 60.2 Å². The third kappa shape index (κ3) is 4.11. The maximum absolute atomic E-state index is 12.3. The number of fused-ring (bicyclic) bond motifs is 1. The zero-order valence-corrected chi connectivity index (χ0v) is 15.5. The van der Waals surface area contributed by atoms with Crippen LogP contribution in [-0.2, 0) is 9.59 Å². The van der Waals surface area contributed by atoms with E-state index >= 15 is 0 Å². The number of carbonyl (C=O) groups excluding carboxylic acids is 2. The fraction of sp³-hybridized carbons (Fsp3) is 0.238. The van der Waals surface area contributed by atoms with Crippen LogP contribution in [0.25, 0.3) is 0 Å². The first-order valence-corrected chi connectivity index (χ1v) is 8.66. The number of carbonyl (C=O) groups is 2. The number of ether oxygens (including phenoxy) is 2. The van der Waals surface area contributed by atoms with Crippen molar-refractivity contribution in [3.63, 3.8) is 0 Å². The largest absolute Gasteiger partial charge is 0.483 e. The second kappa shape index (κ2) is 7.95. The van der Waals surface area contributed by atoms with Crippen molar-refractivity contribution in [2.24, 2.45) is 0 Å². The normalized spacial score (nSPS) is 12.8. The van der Waals surface area contributed by atoms with Crippen molar-refractivity contribution in [1.82, 2.24) is 0 Å². The lowest BCUT2D eigenvalue weighted by Gasteiger charge is -2.28. The first-order valence-electron chi connectivity index (χ1n) is 8.66. The Morgan fingerprint density at radius 3 is 2.74 bits per heavy atom. The lowest BCUT2D eigenvalue weighted by atomic mass is 10.1. The van der Waals surface area contributed by atoms with E-state index in [9.17, 15) is 9.59 Å². The molecule has 6 heteroatoms. The molecule has 0 saturated heterocycles. The van der Waals surface area contributed by atoms with E-state index in [4.69, 9.17) is 9.47 Å². The summed E-state index contributed by atoms with van der Waals surface area (Å²) in [6, 6.07) is 11.0. The summed E-state index contributed by atoms with van der Waals surface area (Å²) in [5, 5.41) is 2.80. The molecule has 6 nitrogen and oxygen atoms in total. The lowest BCUT2D eigenvalue weighted by molar-refractivity contribution is -0.121. The van der Waals surface area contributed by atoms with Crippen molar-refractivity contribution in [2.75, 3.05) is 30.0 Å². The molecule has 2 aromatic carbocycles. The summed E-state index contributed by atoms with van der Waals surface area (Å²) in [7, 11) is 0. The molecule has 0 fully saturated rings. The molecule has 0 aliphatic carbocycles. The Labute approximate surface area is 158 Å². The molecule has 0 saturated carbocycles. The third-order valence-corrected chi connectivity index (χ3v) is 4.25. The summed E-state index contributed by atoms with van der Waals surface area (Å²) in [5.41, 5.74) is 3.13. The summed E-state index contributed by atoms with van der Waals surface area (Å²) in [6.07, 6.45) is 1.65. The first kappa shape index (κ1) is 18.5. The summed E-state index contributed by atoms with van der Waals surface area (Å²) in [4.78, 5) is 25.9. The Hall–Kier alpha value is -3.28. The third-order valence-electron chi connectivity index (χ3n) is 4.25. The van der Waals surface area contributed by atoms with Crippen molar-refractivity contribution < 1.29 is 19.1 Å². The molecule has 1 aliphatic rings. The Morgan fingerprint density at radius 2 is 2.04 bits per heavy atom. The van der Waals surface area contributed by atoms with Crippen molar-refractivity contribution in [3.8, 4) is 11.5 Å². The smallest absolute Gasteiger partial charge is 0.265 e. The molecular formula is C21H22N2O4. The summed E-state index contributed by atoms with van der Waals surface area (Å²) in [5.74, 6) is 0.885. The van der Waals surface area contributed by atoms with Gasteiger partial charge in [-0.1, -0.05) is 24.3 Å². The highest BCUT2D eigenvalue weighted by atomic mass is 16.5. The van der Waals surface area contributed by atoms with E-state index in [0.29, 0.717) is 29.4 Å². The van der Waals surface area contributed by atoms with Crippen LogP contribution in [0.2, 0.25) is 0 Å². The van der Waals surface area contributed by atoms with Gasteiger partial charge < -0.3 is 19.7 Å². The molecule has 0 atom stereocenters. The number of amides is 2. The number of benzene rings is 2. The second-order valence-corrected chi connectivity index (χ2v) is 6.32. The monoisotopic (exact) mass is 366 g/mol. The molecule has 140 valence electrons. The van der Waals surface area contributed by atoms with Gasteiger partial charge in [-0.3, -0.25) is 9.59 Å². The quantitative estimate of drug-likeness (QED) is 0.797. The maximum Gasteiger partial charge on any atom is 0.265 e. The van der Waals surface area contributed by atoms with Crippen LogP contribution in [0.3, 0.4) is 0 Å². The molecule has 0 unspecified atom stereocenters. The van der Waals surface area contributed by atoms with E-state index in [1.165, 1.54) is 0 Å². The number of hydrogen-bond acceptors (Lipinski definition) is 4. The zero-order chi connectivity index (χ0) is 19.4. The molecular weight excluding hydrogens is 344 g/mol. The van der Waals surface area contributed by atoms with Crippen molar-refractivity contribution in [2.45, 2.75) is 13.8 Å². The standard InChI is InChI=1S/C21H22N2O4/c1-4-10-23-17-11-16(8-9-18(17)26-13-20(23)25)22-19(24)12-27-21-14(2)6-5-7-15(21)3/h4-9,11H,1,10,12-13H2,2-3H3,(H,22,24). The number of anilines is 2. The van der Waals surface area contributed by atoms with Crippen LogP contribution in [-0.4, -0.2) is 31.6 Å². The highest BCUT2D eigenvalue weighted by Crippen LogP contribution is 2.34. The molecule has 0 aromatic heterocycles. The molecule has 27 heavy (non-hydrogen) atoms. The Bertz CT molecular complexity index is 871. The van der Waals surface area contributed by atoms with Gasteiger partial charge in [0.05, 0.1) is 5.69 Å². The van der Waals surface area contributed by atoms with Crippen molar-refractivity contribution in [1.29, 1.82) is 0 Å². The minimum Gasteiger partial charge on any atom is -0.483 e. The number of hydrogen-bond donors (Lipinski definition) is 1. The van der Waals surface area contributed by atoms with E-state index in [1.54, 1.807) is 29.2 Å². The topological polar surface area (TPSA) is 67.9 Å². The average Bonchev–Trinajstić information content (AvgIpc) is 2.64. The number of aryl methyl sites for hydroxylation is 2. The van der Waals surface area contributed by atoms with E-state index < -0.39 is 0 Å². The van der Waals surface area contributed by atoms with Crippen LogP contribution in [0.1, 0.15) is 11.1 Å². The number of para-hydroxylation sites is 1. The fourth-order valence-electron chi connectivity index (χ4n) is 2.97. The van der Waals surface area contributed by atoms with E-state index in [1.807, 2.05) is 32.0 Å². The van der Waals surface area contributed by atoms with Crippen molar-refractivity contribution >= 4 is 23.2 Å². The molecule has 1 aliphatic heterocycles. The van der Waals surface area contributed by atoms with Crippen LogP contribution in [0.15, 0.2) is 49.1 Å². The Balaban J connectivity index is 1.70.